The summed E-state index contributed by atoms with van der Waals surface area (Å²) in [6, 6.07) is 8.61. The molecule has 2 rings (SSSR count). The quantitative estimate of drug-likeness (QED) is 0.683. The van der Waals surface area contributed by atoms with Crippen molar-refractivity contribution < 1.29 is 14.3 Å². The van der Waals surface area contributed by atoms with Gasteiger partial charge in [0.1, 0.15) is 12.4 Å². The number of esters is 1. The molecule has 104 valence electrons. The number of hydrogen-bond donors (Lipinski definition) is 1. The van der Waals surface area contributed by atoms with E-state index < -0.39 is 5.97 Å². The second kappa shape index (κ2) is 6.06. The Morgan fingerprint density at radius 2 is 2.15 bits per heavy atom. The fraction of sp³-hybridized carbons (Fsp3) is 0.200. The number of pyridine rings is 1. The Balaban J connectivity index is 2.11. The predicted octanol–water partition coefficient (Wildman–Crippen LogP) is 2.34. The number of nitrogens with two attached hydrogens (primary N) is 1. The van der Waals surface area contributed by atoms with Crippen molar-refractivity contribution in [1.29, 1.82) is 0 Å². The van der Waals surface area contributed by atoms with E-state index >= 15 is 0 Å². The van der Waals surface area contributed by atoms with E-state index in [4.69, 9.17) is 15.2 Å². The maximum Gasteiger partial charge on any atom is 0.340 e. The Morgan fingerprint density at radius 3 is 2.85 bits per heavy atom. The van der Waals surface area contributed by atoms with Crippen molar-refractivity contribution in [3.63, 3.8) is 0 Å². The smallest absolute Gasteiger partial charge is 0.340 e. The third kappa shape index (κ3) is 3.06. The molecule has 2 N–H and O–H groups in total. The van der Waals surface area contributed by atoms with E-state index in [1.165, 1.54) is 7.11 Å². The standard InChI is InChI=1S/C15H16N2O3/c1-10-4-3-7-17-14(10)9-20-15(18)12-8-11(19-2)5-6-13(12)16/h3-8H,9,16H2,1-2H3. The fourth-order valence-corrected chi connectivity index (χ4v) is 1.72. The van der Waals surface area contributed by atoms with Crippen LogP contribution in [0.3, 0.4) is 0 Å². The zero-order valence-corrected chi connectivity index (χ0v) is 11.4. The number of aryl methyl sites for hydroxylation is 1. The molecule has 1 aromatic carbocycles. The predicted molar refractivity (Wildman–Crippen MR) is 75.5 cm³/mol. The highest BCUT2D eigenvalue weighted by atomic mass is 16.5. The van der Waals surface area contributed by atoms with Gasteiger partial charge >= 0.3 is 5.97 Å². The average molecular weight is 272 g/mol. The summed E-state index contributed by atoms with van der Waals surface area (Å²) in [4.78, 5) is 16.2. The summed E-state index contributed by atoms with van der Waals surface area (Å²) in [5, 5.41) is 0. The van der Waals surface area contributed by atoms with E-state index in [-0.39, 0.29) is 12.2 Å². The molecule has 0 aliphatic heterocycles. The molecule has 0 unspecified atom stereocenters. The number of carbonyl (C=O) groups excluding carboxylic acids is 1. The van der Waals surface area contributed by atoms with Gasteiger partial charge in [0, 0.05) is 11.9 Å². The normalized spacial score (nSPS) is 10.1. The largest absolute Gasteiger partial charge is 0.497 e. The topological polar surface area (TPSA) is 74.4 Å². The lowest BCUT2D eigenvalue weighted by molar-refractivity contribution is 0.0468. The minimum absolute atomic E-state index is 0.113. The third-order valence-corrected chi connectivity index (χ3v) is 2.94. The molecule has 0 radical (unpaired) electrons. The molecule has 0 amide bonds. The van der Waals surface area contributed by atoms with Crippen molar-refractivity contribution in [3.05, 3.63) is 53.3 Å². The first-order valence-corrected chi connectivity index (χ1v) is 6.13. The summed E-state index contributed by atoms with van der Waals surface area (Å²) in [5.41, 5.74) is 8.11. The molecule has 5 heteroatoms. The van der Waals surface area contributed by atoms with Crippen molar-refractivity contribution in [3.8, 4) is 5.75 Å². The zero-order valence-electron chi connectivity index (χ0n) is 11.4. The molecular formula is C15H16N2O3. The number of aromatic nitrogens is 1. The minimum atomic E-state index is -0.494. The Hall–Kier alpha value is -2.56. The number of ether oxygens (including phenoxy) is 2. The van der Waals surface area contributed by atoms with Crippen molar-refractivity contribution in [2.45, 2.75) is 13.5 Å². The van der Waals surface area contributed by atoms with Crippen LogP contribution in [0.4, 0.5) is 5.69 Å². The molecule has 0 aliphatic rings. The van der Waals surface area contributed by atoms with Gasteiger partial charge in [0.2, 0.25) is 0 Å². The molecule has 0 fully saturated rings. The Kier molecular flexibility index (Phi) is 4.20. The molecule has 0 saturated heterocycles. The van der Waals surface area contributed by atoms with Crippen LogP contribution in [-0.2, 0) is 11.3 Å². The highest BCUT2D eigenvalue weighted by Gasteiger charge is 2.13. The highest BCUT2D eigenvalue weighted by Crippen LogP contribution is 2.20. The van der Waals surface area contributed by atoms with Gasteiger partial charge < -0.3 is 15.2 Å². The van der Waals surface area contributed by atoms with E-state index in [1.807, 2.05) is 19.1 Å². The lowest BCUT2D eigenvalue weighted by Crippen LogP contribution is -2.09. The van der Waals surface area contributed by atoms with E-state index in [0.717, 1.165) is 11.3 Å². The number of hydrogen-bond acceptors (Lipinski definition) is 5. The lowest BCUT2D eigenvalue weighted by Gasteiger charge is -2.09. The number of carbonyl (C=O) groups is 1. The van der Waals surface area contributed by atoms with Crippen LogP contribution in [-0.4, -0.2) is 18.1 Å². The Morgan fingerprint density at radius 1 is 1.35 bits per heavy atom. The Bertz CT molecular complexity index is 626. The summed E-state index contributed by atoms with van der Waals surface area (Å²) in [7, 11) is 1.53. The van der Waals surface area contributed by atoms with Gasteiger partial charge in [-0.2, -0.15) is 0 Å². The monoisotopic (exact) mass is 272 g/mol. The number of rotatable bonds is 4. The number of benzene rings is 1. The molecule has 0 atom stereocenters. The van der Waals surface area contributed by atoms with E-state index in [2.05, 4.69) is 4.98 Å². The van der Waals surface area contributed by atoms with Gasteiger partial charge in [-0.15, -0.1) is 0 Å². The van der Waals surface area contributed by atoms with Crippen LogP contribution in [0.5, 0.6) is 5.75 Å². The number of methoxy groups -OCH3 is 1. The number of nitrogens with zero attached hydrogens (tertiary/aromatic N) is 1. The van der Waals surface area contributed by atoms with Crippen LogP contribution in [0.25, 0.3) is 0 Å². The SMILES string of the molecule is COc1ccc(N)c(C(=O)OCc2ncccc2C)c1. The molecule has 2 aromatic rings. The first-order valence-electron chi connectivity index (χ1n) is 6.13. The summed E-state index contributed by atoms with van der Waals surface area (Å²) >= 11 is 0. The molecule has 0 bridgehead atoms. The first-order chi connectivity index (χ1) is 9.61. The van der Waals surface area contributed by atoms with Crippen molar-refractivity contribution in [1.82, 2.24) is 4.98 Å². The molecule has 20 heavy (non-hydrogen) atoms. The van der Waals surface area contributed by atoms with Crippen LogP contribution in [0.1, 0.15) is 21.6 Å². The first kappa shape index (κ1) is 13.9. The lowest BCUT2D eigenvalue weighted by atomic mass is 10.1. The summed E-state index contributed by atoms with van der Waals surface area (Å²) in [6.45, 7) is 2.03. The molecule has 5 nitrogen and oxygen atoms in total. The van der Waals surface area contributed by atoms with Gasteiger partial charge in [0.05, 0.1) is 18.4 Å². The van der Waals surface area contributed by atoms with Crippen LogP contribution in [0, 0.1) is 6.92 Å². The van der Waals surface area contributed by atoms with Gasteiger partial charge in [-0.25, -0.2) is 4.79 Å². The van der Waals surface area contributed by atoms with Crippen molar-refractivity contribution in [2.75, 3.05) is 12.8 Å². The average Bonchev–Trinajstić information content (AvgIpc) is 2.46. The van der Waals surface area contributed by atoms with Crippen molar-refractivity contribution in [2.24, 2.45) is 0 Å². The minimum Gasteiger partial charge on any atom is -0.497 e. The van der Waals surface area contributed by atoms with E-state index in [0.29, 0.717) is 11.4 Å². The van der Waals surface area contributed by atoms with Gasteiger partial charge in [0.25, 0.3) is 0 Å². The molecule has 0 spiro atoms. The van der Waals surface area contributed by atoms with E-state index in [1.54, 1.807) is 24.4 Å². The third-order valence-electron chi connectivity index (χ3n) is 2.94. The molecule has 1 aromatic heterocycles. The van der Waals surface area contributed by atoms with Gasteiger partial charge in [-0.05, 0) is 36.8 Å². The van der Waals surface area contributed by atoms with Gasteiger partial charge in [0.15, 0.2) is 0 Å². The number of nitrogen functional groups attached to an aromatic ring is 1. The Labute approximate surface area is 117 Å². The maximum absolute atomic E-state index is 12.0. The van der Waals surface area contributed by atoms with Crippen LogP contribution in [0.15, 0.2) is 36.5 Å². The summed E-state index contributed by atoms with van der Waals surface area (Å²) in [5.74, 6) is 0.0617. The van der Waals surface area contributed by atoms with Crippen LogP contribution >= 0.6 is 0 Å². The van der Waals surface area contributed by atoms with Gasteiger partial charge in [-0.3, -0.25) is 4.98 Å². The molecule has 0 aliphatic carbocycles. The second-order valence-electron chi connectivity index (χ2n) is 4.30. The highest BCUT2D eigenvalue weighted by molar-refractivity contribution is 5.95. The van der Waals surface area contributed by atoms with Crippen LogP contribution in [0.2, 0.25) is 0 Å². The van der Waals surface area contributed by atoms with Crippen molar-refractivity contribution >= 4 is 11.7 Å². The summed E-state index contributed by atoms with van der Waals surface area (Å²) < 4.78 is 10.3. The second-order valence-corrected chi connectivity index (χ2v) is 4.30. The maximum atomic E-state index is 12.0. The van der Waals surface area contributed by atoms with Crippen LogP contribution < -0.4 is 10.5 Å². The van der Waals surface area contributed by atoms with Gasteiger partial charge in [-0.1, -0.05) is 6.07 Å². The molecule has 1 heterocycles. The summed E-state index contributed by atoms with van der Waals surface area (Å²) in [6.07, 6.45) is 1.66. The fourth-order valence-electron chi connectivity index (χ4n) is 1.72. The zero-order chi connectivity index (χ0) is 14.5. The number of anilines is 1. The molecular weight excluding hydrogens is 256 g/mol. The van der Waals surface area contributed by atoms with E-state index in [9.17, 15) is 4.79 Å². The molecule has 0 saturated carbocycles.